The van der Waals surface area contributed by atoms with Crippen molar-refractivity contribution in [2.45, 2.75) is 6.42 Å². The molecule has 0 atom stereocenters. The van der Waals surface area contributed by atoms with Crippen LogP contribution in [0.4, 0.5) is 4.39 Å². The minimum Gasteiger partial charge on any atom is -0.507 e. The standard InChI is InChI=1S/C10H7FO3/c11-8-4-2-5-9(12)7(8)3-1-6-10(13)14/h2,4-5,12H,6H2,(H,13,14). The summed E-state index contributed by atoms with van der Waals surface area (Å²) in [5.41, 5.74) is -0.172. The summed E-state index contributed by atoms with van der Waals surface area (Å²) in [4.78, 5) is 10.1. The number of aliphatic carboxylic acids is 1. The van der Waals surface area contributed by atoms with Crippen molar-refractivity contribution in [3.05, 3.63) is 29.6 Å². The predicted molar refractivity (Wildman–Crippen MR) is 47.2 cm³/mol. The van der Waals surface area contributed by atoms with E-state index in [9.17, 15) is 9.18 Å². The Labute approximate surface area is 79.8 Å². The van der Waals surface area contributed by atoms with Crippen molar-refractivity contribution in [3.63, 3.8) is 0 Å². The van der Waals surface area contributed by atoms with E-state index in [4.69, 9.17) is 10.2 Å². The van der Waals surface area contributed by atoms with Gasteiger partial charge in [0.25, 0.3) is 0 Å². The first kappa shape index (κ1) is 10.1. The van der Waals surface area contributed by atoms with E-state index >= 15 is 0 Å². The molecule has 0 fully saturated rings. The third-order valence-electron chi connectivity index (χ3n) is 1.44. The molecule has 4 heteroatoms. The maximum absolute atomic E-state index is 13.0. The number of carboxylic acids is 1. The highest BCUT2D eigenvalue weighted by atomic mass is 19.1. The van der Waals surface area contributed by atoms with Gasteiger partial charge in [0.2, 0.25) is 0 Å². The number of benzene rings is 1. The SMILES string of the molecule is O=C(O)CC#Cc1c(O)cccc1F. The highest BCUT2D eigenvalue weighted by Gasteiger charge is 2.03. The summed E-state index contributed by atoms with van der Waals surface area (Å²) in [7, 11) is 0. The molecule has 72 valence electrons. The van der Waals surface area contributed by atoms with Crippen LogP contribution in [0.25, 0.3) is 0 Å². The fourth-order valence-corrected chi connectivity index (χ4v) is 0.845. The number of halogens is 1. The molecule has 0 bridgehead atoms. The number of rotatable bonds is 1. The van der Waals surface area contributed by atoms with Crippen molar-refractivity contribution >= 4 is 5.97 Å². The van der Waals surface area contributed by atoms with Gasteiger partial charge in [0.15, 0.2) is 0 Å². The molecule has 1 rings (SSSR count). The van der Waals surface area contributed by atoms with Crippen LogP contribution in [0.5, 0.6) is 5.75 Å². The number of carboxylic acid groups (broad SMARTS) is 1. The Kier molecular flexibility index (Phi) is 3.08. The van der Waals surface area contributed by atoms with Crippen molar-refractivity contribution < 1.29 is 19.4 Å². The van der Waals surface area contributed by atoms with E-state index in [1.807, 2.05) is 0 Å². The van der Waals surface area contributed by atoms with Gasteiger partial charge in [0.05, 0.1) is 0 Å². The Morgan fingerprint density at radius 3 is 2.79 bits per heavy atom. The zero-order chi connectivity index (χ0) is 10.6. The molecule has 14 heavy (non-hydrogen) atoms. The Hall–Kier alpha value is -2.02. The molecule has 2 N–H and O–H groups in total. The summed E-state index contributed by atoms with van der Waals surface area (Å²) < 4.78 is 13.0. The number of hydrogen-bond donors (Lipinski definition) is 2. The van der Waals surface area contributed by atoms with Crippen LogP contribution in [-0.2, 0) is 4.79 Å². The maximum atomic E-state index is 13.0. The molecule has 1 aromatic carbocycles. The van der Waals surface area contributed by atoms with Crippen molar-refractivity contribution in [2.24, 2.45) is 0 Å². The quantitative estimate of drug-likeness (QED) is 0.663. The minimum absolute atomic E-state index is 0.172. The molecule has 0 aromatic heterocycles. The number of aromatic hydroxyl groups is 1. The number of phenols is 1. The van der Waals surface area contributed by atoms with E-state index in [-0.39, 0.29) is 17.7 Å². The number of phenolic OH excluding ortho intramolecular Hbond substituents is 1. The van der Waals surface area contributed by atoms with Crippen LogP contribution in [0.2, 0.25) is 0 Å². The summed E-state index contributed by atoms with van der Waals surface area (Å²) in [6, 6.07) is 3.77. The first-order valence-corrected chi connectivity index (χ1v) is 3.79. The lowest BCUT2D eigenvalue weighted by atomic mass is 10.2. The fraction of sp³-hybridized carbons (Fsp3) is 0.100. The molecule has 3 nitrogen and oxygen atoms in total. The molecule has 0 aliphatic heterocycles. The molecule has 0 spiro atoms. The summed E-state index contributed by atoms with van der Waals surface area (Å²) in [6.45, 7) is 0. The zero-order valence-electron chi connectivity index (χ0n) is 7.12. The second kappa shape index (κ2) is 4.28. The summed E-state index contributed by atoms with van der Waals surface area (Å²) >= 11 is 0. The third-order valence-corrected chi connectivity index (χ3v) is 1.44. The summed E-state index contributed by atoms with van der Waals surface area (Å²) in [6.07, 6.45) is -0.381. The minimum atomic E-state index is -1.09. The lowest BCUT2D eigenvalue weighted by molar-refractivity contribution is -0.135. The van der Waals surface area contributed by atoms with Crippen LogP contribution in [0.1, 0.15) is 12.0 Å². The highest BCUT2D eigenvalue weighted by Crippen LogP contribution is 2.17. The van der Waals surface area contributed by atoms with Crippen molar-refractivity contribution in [1.82, 2.24) is 0 Å². The van der Waals surface area contributed by atoms with Gasteiger partial charge < -0.3 is 10.2 Å². The Bertz CT molecular complexity index is 395. The molecule has 0 saturated heterocycles. The smallest absolute Gasteiger partial charge is 0.315 e. The topological polar surface area (TPSA) is 57.5 Å². The highest BCUT2D eigenvalue weighted by molar-refractivity contribution is 5.70. The predicted octanol–water partition coefficient (Wildman–Crippen LogP) is 1.36. The van der Waals surface area contributed by atoms with Gasteiger partial charge in [-0.25, -0.2) is 4.39 Å². The Morgan fingerprint density at radius 2 is 2.21 bits per heavy atom. The maximum Gasteiger partial charge on any atom is 0.315 e. The van der Waals surface area contributed by atoms with E-state index in [2.05, 4.69) is 11.8 Å². The molecule has 0 unspecified atom stereocenters. The average Bonchev–Trinajstić information content (AvgIpc) is 2.09. The summed E-state index contributed by atoms with van der Waals surface area (Å²) in [5.74, 6) is 2.45. The van der Waals surface area contributed by atoms with E-state index < -0.39 is 11.8 Å². The molecule has 0 aliphatic carbocycles. The van der Waals surface area contributed by atoms with E-state index in [0.29, 0.717) is 0 Å². The van der Waals surface area contributed by atoms with Gasteiger partial charge in [0, 0.05) is 0 Å². The Morgan fingerprint density at radius 1 is 1.50 bits per heavy atom. The average molecular weight is 194 g/mol. The van der Waals surface area contributed by atoms with Gasteiger partial charge >= 0.3 is 5.97 Å². The molecule has 0 heterocycles. The van der Waals surface area contributed by atoms with Crippen molar-refractivity contribution in [1.29, 1.82) is 0 Å². The molecule has 0 radical (unpaired) electrons. The lowest BCUT2D eigenvalue weighted by Gasteiger charge is -1.96. The van der Waals surface area contributed by atoms with Gasteiger partial charge in [-0.1, -0.05) is 17.9 Å². The molecule has 0 amide bonds. The summed E-state index contributed by atoms with van der Waals surface area (Å²) in [5, 5.41) is 17.4. The Balaban J connectivity index is 2.94. The van der Waals surface area contributed by atoms with Crippen LogP contribution in [0.15, 0.2) is 18.2 Å². The van der Waals surface area contributed by atoms with Crippen molar-refractivity contribution in [3.8, 4) is 17.6 Å². The van der Waals surface area contributed by atoms with Gasteiger partial charge in [-0.2, -0.15) is 0 Å². The molecular formula is C10H7FO3. The number of hydrogen-bond acceptors (Lipinski definition) is 2. The van der Waals surface area contributed by atoms with Crippen LogP contribution >= 0.6 is 0 Å². The zero-order valence-corrected chi connectivity index (χ0v) is 7.12. The normalized spacial score (nSPS) is 8.93. The van der Waals surface area contributed by atoms with Crippen LogP contribution in [0.3, 0.4) is 0 Å². The van der Waals surface area contributed by atoms with Crippen LogP contribution in [0, 0.1) is 17.7 Å². The monoisotopic (exact) mass is 194 g/mol. The van der Waals surface area contributed by atoms with Gasteiger partial charge in [-0.3, -0.25) is 4.79 Å². The lowest BCUT2D eigenvalue weighted by Crippen LogP contribution is -1.91. The third kappa shape index (κ3) is 2.49. The second-order valence-electron chi connectivity index (χ2n) is 2.51. The van der Waals surface area contributed by atoms with Crippen molar-refractivity contribution in [2.75, 3.05) is 0 Å². The van der Waals surface area contributed by atoms with Crippen LogP contribution in [-0.4, -0.2) is 16.2 Å². The molecular weight excluding hydrogens is 187 g/mol. The first-order chi connectivity index (χ1) is 6.61. The second-order valence-corrected chi connectivity index (χ2v) is 2.51. The van der Waals surface area contributed by atoms with Gasteiger partial charge in [-0.05, 0) is 12.1 Å². The molecule has 0 aliphatic rings. The van der Waals surface area contributed by atoms with Gasteiger partial charge in [-0.15, -0.1) is 0 Å². The number of carbonyl (C=O) groups is 1. The van der Waals surface area contributed by atoms with E-state index in [1.54, 1.807) is 0 Å². The van der Waals surface area contributed by atoms with E-state index in [0.717, 1.165) is 6.07 Å². The molecule has 0 saturated carbocycles. The van der Waals surface area contributed by atoms with Crippen LogP contribution < -0.4 is 0 Å². The van der Waals surface area contributed by atoms with E-state index in [1.165, 1.54) is 12.1 Å². The fourth-order valence-electron chi connectivity index (χ4n) is 0.845. The largest absolute Gasteiger partial charge is 0.507 e. The first-order valence-electron chi connectivity index (χ1n) is 3.79. The molecule has 1 aromatic rings. The van der Waals surface area contributed by atoms with Gasteiger partial charge in [0.1, 0.15) is 23.6 Å².